The molecule has 1 aromatic carbocycles. The number of fused-ring (bicyclic) bond motifs is 2. The SMILES string of the molecule is NC(=O)c1ccc2c(c1)C1(CN2)OCCCO1. The lowest BCUT2D eigenvalue weighted by molar-refractivity contribution is -0.263. The summed E-state index contributed by atoms with van der Waals surface area (Å²) in [6.45, 7) is 1.91. The van der Waals surface area contributed by atoms with Crippen LogP contribution < -0.4 is 11.1 Å². The molecule has 1 saturated heterocycles. The Morgan fingerprint density at radius 3 is 2.82 bits per heavy atom. The summed E-state index contributed by atoms with van der Waals surface area (Å²) >= 11 is 0. The van der Waals surface area contributed by atoms with Crippen LogP contribution in [0.15, 0.2) is 18.2 Å². The van der Waals surface area contributed by atoms with Gasteiger partial charge in [-0.3, -0.25) is 4.79 Å². The first kappa shape index (κ1) is 10.6. The molecule has 1 amide bonds. The van der Waals surface area contributed by atoms with Crippen LogP contribution in [0.5, 0.6) is 0 Å². The van der Waals surface area contributed by atoms with Crippen LogP contribution in [0.25, 0.3) is 0 Å². The molecule has 5 heteroatoms. The predicted molar refractivity (Wildman–Crippen MR) is 61.6 cm³/mol. The lowest BCUT2D eigenvalue weighted by Crippen LogP contribution is -2.39. The Kier molecular flexibility index (Phi) is 2.31. The number of primary amides is 1. The average molecular weight is 234 g/mol. The van der Waals surface area contributed by atoms with E-state index in [9.17, 15) is 4.79 Å². The Labute approximate surface area is 98.9 Å². The highest BCUT2D eigenvalue weighted by Crippen LogP contribution is 2.40. The van der Waals surface area contributed by atoms with Crippen molar-refractivity contribution in [2.45, 2.75) is 12.2 Å². The van der Waals surface area contributed by atoms with Crippen molar-refractivity contribution in [3.8, 4) is 0 Å². The van der Waals surface area contributed by atoms with Gasteiger partial charge in [0.1, 0.15) is 0 Å². The van der Waals surface area contributed by atoms with Crippen LogP contribution in [0, 0.1) is 0 Å². The first-order chi connectivity index (χ1) is 8.21. The topological polar surface area (TPSA) is 73.6 Å². The summed E-state index contributed by atoms with van der Waals surface area (Å²) in [4.78, 5) is 11.2. The van der Waals surface area contributed by atoms with Gasteiger partial charge in [-0.05, 0) is 24.6 Å². The van der Waals surface area contributed by atoms with Gasteiger partial charge >= 0.3 is 0 Å². The van der Waals surface area contributed by atoms with Gasteiger partial charge in [-0.25, -0.2) is 0 Å². The smallest absolute Gasteiger partial charge is 0.248 e. The van der Waals surface area contributed by atoms with E-state index in [1.54, 1.807) is 12.1 Å². The number of hydrogen-bond acceptors (Lipinski definition) is 4. The second-order valence-corrected chi connectivity index (χ2v) is 4.28. The van der Waals surface area contributed by atoms with Gasteiger partial charge in [0.25, 0.3) is 0 Å². The standard InChI is InChI=1S/C12H14N2O3/c13-11(15)8-2-3-10-9(6-8)12(7-14-10)16-4-1-5-17-12/h2-3,6,14H,1,4-5,7H2,(H2,13,15). The minimum atomic E-state index is -0.737. The maximum Gasteiger partial charge on any atom is 0.248 e. The van der Waals surface area contributed by atoms with E-state index in [-0.39, 0.29) is 0 Å². The number of amides is 1. The number of carbonyl (C=O) groups is 1. The zero-order valence-corrected chi connectivity index (χ0v) is 9.36. The van der Waals surface area contributed by atoms with Crippen molar-refractivity contribution < 1.29 is 14.3 Å². The molecule has 1 aromatic rings. The van der Waals surface area contributed by atoms with Crippen LogP contribution in [0.4, 0.5) is 5.69 Å². The van der Waals surface area contributed by atoms with Crippen molar-refractivity contribution in [3.63, 3.8) is 0 Å². The summed E-state index contributed by atoms with van der Waals surface area (Å²) in [5.41, 5.74) is 7.57. The van der Waals surface area contributed by atoms with E-state index in [0.29, 0.717) is 25.3 Å². The maximum absolute atomic E-state index is 11.2. The van der Waals surface area contributed by atoms with Gasteiger partial charge in [-0.15, -0.1) is 0 Å². The molecule has 1 fully saturated rings. The number of rotatable bonds is 1. The zero-order chi connectivity index (χ0) is 11.9. The molecule has 0 aliphatic carbocycles. The lowest BCUT2D eigenvalue weighted by Gasteiger charge is -2.33. The van der Waals surface area contributed by atoms with Gasteiger partial charge in [-0.2, -0.15) is 0 Å². The maximum atomic E-state index is 11.2. The third-order valence-electron chi connectivity index (χ3n) is 3.19. The molecular weight excluding hydrogens is 220 g/mol. The van der Waals surface area contributed by atoms with Crippen LogP contribution in [0.2, 0.25) is 0 Å². The summed E-state index contributed by atoms with van der Waals surface area (Å²) in [6, 6.07) is 5.30. The largest absolute Gasteiger partial charge is 0.379 e. The molecule has 3 rings (SSSR count). The van der Waals surface area contributed by atoms with E-state index in [1.165, 1.54) is 0 Å². The fraction of sp³-hybridized carbons (Fsp3) is 0.417. The fourth-order valence-electron chi connectivity index (χ4n) is 2.31. The number of nitrogens with two attached hydrogens (primary N) is 1. The molecule has 2 aliphatic rings. The number of hydrogen-bond donors (Lipinski definition) is 2. The van der Waals surface area contributed by atoms with Gasteiger partial charge in [-0.1, -0.05) is 0 Å². The van der Waals surface area contributed by atoms with E-state index in [2.05, 4.69) is 5.32 Å². The van der Waals surface area contributed by atoms with Crippen molar-refractivity contribution >= 4 is 11.6 Å². The second kappa shape index (κ2) is 3.72. The summed E-state index contributed by atoms with van der Waals surface area (Å²) in [5, 5.41) is 3.22. The number of ether oxygens (including phenoxy) is 2. The minimum Gasteiger partial charge on any atom is -0.379 e. The normalized spacial score (nSPS) is 20.9. The highest BCUT2D eigenvalue weighted by molar-refractivity contribution is 5.93. The van der Waals surface area contributed by atoms with Crippen LogP contribution in [-0.2, 0) is 15.3 Å². The van der Waals surface area contributed by atoms with Crippen molar-refractivity contribution in [2.24, 2.45) is 5.73 Å². The highest BCUT2D eigenvalue weighted by atomic mass is 16.7. The van der Waals surface area contributed by atoms with Crippen LogP contribution in [-0.4, -0.2) is 25.7 Å². The molecule has 17 heavy (non-hydrogen) atoms. The van der Waals surface area contributed by atoms with Crippen LogP contribution in [0.3, 0.4) is 0 Å². The molecule has 0 bridgehead atoms. The van der Waals surface area contributed by atoms with E-state index in [4.69, 9.17) is 15.2 Å². The average Bonchev–Trinajstić information content (AvgIpc) is 2.69. The minimum absolute atomic E-state index is 0.439. The Bertz CT molecular complexity index is 461. The first-order valence-electron chi connectivity index (χ1n) is 5.67. The van der Waals surface area contributed by atoms with Crippen molar-refractivity contribution in [1.82, 2.24) is 0 Å². The molecule has 3 N–H and O–H groups in total. The number of benzene rings is 1. The quantitative estimate of drug-likeness (QED) is 0.753. The molecule has 0 radical (unpaired) electrons. The van der Waals surface area contributed by atoms with E-state index >= 15 is 0 Å². The molecule has 5 nitrogen and oxygen atoms in total. The highest BCUT2D eigenvalue weighted by Gasteiger charge is 2.43. The van der Waals surface area contributed by atoms with E-state index < -0.39 is 11.7 Å². The third kappa shape index (κ3) is 1.59. The van der Waals surface area contributed by atoms with Crippen LogP contribution >= 0.6 is 0 Å². The molecule has 90 valence electrons. The van der Waals surface area contributed by atoms with Gasteiger partial charge in [0.2, 0.25) is 11.7 Å². The summed E-state index contributed by atoms with van der Waals surface area (Å²) in [5.74, 6) is -1.18. The third-order valence-corrected chi connectivity index (χ3v) is 3.19. The molecule has 0 unspecified atom stereocenters. The molecule has 0 saturated carbocycles. The Morgan fingerprint density at radius 2 is 2.12 bits per heavy atom. The van der Waals surface area contributed by atoms with E-state index in [1.807, 2.05) is 6.07 Å². The molecule has 0 atom stereocenters. The molecule has 0 aromatic heterocycles. The van der Waals surface area contributed by atoms with E-state index in [0.717, 1.165) is 17.7 Å². The van der Waals surface area contributed by atoms with Gasteiger partial charge in [0.15, 0.2) is 0 Å². The Morgan fingerprint density at radius 1 is 1.35 bits per heavy atom. The zero-order valence-electron chi connectivity index (χ0n) is 9.36. The molecule has 2 aliphatic heterocycles. The summed E-state index contributed by atoms with van der Waals surface area (Å²) in [7, 11) is 0. The predicted octanol–water partition coefficient (Wildman–Crippen LogP) is 0.801. The van der Waals surface area contributed by atoms with Crippen molar-refractivity contribution in [1.29, 1.82) is 0 Å². The summed E-state index contributed by atoms with van der Waals surface area (Å²) < 4.78 is 11.5. The molecular formula is C12H14N2O3. The lowest BCUT2D eigenvalue weighted by atomic mass is 10.0. The first-order valence-corrected chi connectivity index (χ1v) is 5.67. The number of anilines is 1. The van der Waals surface area contributed by atoms with Gasteiger partial charge in [0, 0.05) is 16.8 Å². The molecule has 2 heterocycles. The van der Waals surface area contributed by atoms with Gasteiger partial charge < -0.3 is 20.5 Å². The van der Waals surface area contributed by atoms with Crippen molar-refractivity contribution in [3.05, 3.63) is 29.3 Å². The number of nitrogens with one attached hydrogen (secondary N) is 1. The second-order valence-electron chi connectivity index (χ2n) is 4.28. The van der Waals surface area contributed by atoms with Crippen LogP contribution in [0.1, 0.15) is 22.3 Å². The van der Waals surface area contributed by atoms with Crippen molar-refractivity contribution in [2.75, 3.05) is 25.1 Å². The molecule has 1 spiro atoms. The number of carbonyl (C=O) groups excluding carboxylic acids is 1. The monoisotopic (exact) mass is 234 g/mol. The fourth-order valence-corrected chi connectivity index (χ4v) is 2.31. The Balaban J connectivity index is 2.04. The Hall–Kier alpha value is -1.59. The summed E-state index contributed by atoms with van der Waals surface area (Å²) in [6.07, 6.45) is 0.895. The van der Waals surface area contributed by atoms with Gasteiger partial charge in [0.05, 0.1) is 19.8 Å².